The molecular formula is C8H4ClFN2O2. The summed E-state index contributed by atoms with van der Waals surface area (Å²) in [5, 5.41) is 0.0465. The van der Waals surface area contributed by atoms with Gasteiger partial charge in [-0.3, -0.25) is 9.78 Å². The van der Waals surface area contributed by atoms with E-state index in [4.69, 9.17) is 11.6 Å². The molecule has 1 aromatic carbocycles. The zero-order valence-electron chi connectivity index (χ0n) is 6.73. The summed E-state index contributed by atoms with van der Waals surface area (Å²) in [7, 11) is 0. The molecule has 0 saturated heterocycles. The third kappa shape index (κ3) is 1.22. The number of fused-ring (bicyclic) bond motifs is 1. The zero-order valence-corrected chi connectivity index (χ0v) is 7.48. The van der Waals surface area contributed by atoms with E-state index in [2.05, 4.69) is 4.98 Å². The number of halogens is 2. The van der Waals surface area contributed by atoms with Crippen molar-refractivity contribution in [3.8, 4) is 0 Å². The topological polar surface area (TPSA) is 65.7 Å². The van der Waals surface area contributed by atoms with Crippen molar-refractivity contribution >= 4 is 22.5 Å². The van der Waals surface area contributed by atoms with Crippen LogP contribution in [0.4, 0.5) is 4.39 Å². The summed E-state index contributed by atoms with van der Waals surface area (Å²) in [6.07, 6.45) is 0. The highest BCUT2D eigenvalue weighted by molar-refractivity contribution is 6.35. The van der Waals surface area contributed by atoms with Gasteiger partial charge in [0.1, 0.15) is 5.82 Å². The molecule has 0 bridgehead atoms. The van der Waals surface area contributed by atoms with Crippen molar-refractivity contribution < 1.29 is 4.39 Å². The van der Waals surface area contributed by atoms with E-state index in [-0.39, 0.29) is 15.9 Å². The van der Waals surface area contributed by atoms with Gasteiger partial charge in [0.25, 0.3) is 5.56 Å². The average Bonchev–Trinajstić information content (AvgIpc) is 2.10. The van der Waals surface area contributed by atoms with Crippen LogP contribution in [0, 0.1) is 5.82 Å². The van der Waals surface area contributed by atoms with Crippen molar-refractivity contribution in [2.75, 3.05) is 0 Å². The lowest BCUT2D eigenvalue weighted by atomic mass is 10.2. The van der Waals surface area contributed by atoms with E-state index in [1.165, 1.54) is 6.07 Å². The predicted octanol–water partition coefficient (Wildman–Crippen LogP) is 1.01. The molecule has 72 valence electrons. The van der Waals surface area contributed by atoms with Crippen LogP contribution in [-0.4, -0.2) is 9.97 Å². The highest BCUT2D eigenvalue weighted by Crippen LogP contribution is 2.19. The second-order valence-electron chi connectivity index (χ2n) is 2.69. The first-order valence-corrected chi connectivity index (χ1v) is 4.07. The Bertz CT molecular complexity index is 617. The van der Waals surface area contributed by atoms with Crippen molar-refractivity contribution in [2.24, 2.45) is 0 Å². The van der Waals surface area contributed by atoms with Crippen molar-refractivity contribution in [3.05, 3.63) is 43.8 Å². The van der Waals surface area contributed by atoms with Gasteiger partial charge in [0.05, 0.1) is 15.9 Å². The number of aromatic nitrogens is 2. The Hall–Kier alpha value is -1.62. The monoisotopic (exact) mass is 214 g/mol. The van der Waals surface area contributed by atoms with Crippen LogP contribution >= 0.6 is 11.6 Å². The summed E-state index contributed by atoms with van der Waals surface area (Å²) in [5.41, 5.74) is -1.64. The molecule has 0 atom stereocenters. The highest BCUT2D eigenvalue weighted by atomic mass is 35.5. The van der Waals surface area contributed by atoms with Gasteiger partial charge in [-0.1, -0.05) is 11.6 Å². The van der Waals surface area contributed by atoms with Gasteiger partial charge in [0, 0.05) is 0 Å². The molecule has 6 heteroatoms. The number of benzene rings is 1. The van der Waals surface area contributed by atoms with Crippen molar-refractivity contribution in [2.45, 2.75) is 0 Å². The molecule has 2 N–H and O–H groups in total. The molecule has 4 nitrogen and oxygen atoms in total. The van der Waals surface area contributed by atoms with E-state index < -0.39 is 17.1 Å². The summed E-state index contributed by atoms with van der Waals surface area (Å²) in [6.45, 7) is 0. The molecule has 0 aliphatic rings. The zero-order chi connectivity index (χ0) is 10.3. The first-order valence-electron chi connectivity index (χ1n) is 3.70. The Balaban J connectivity index is 3.16. The number of hydrogen-bond acceptors (Lipinski definition) is 2. The van der Waals surface area contributed by atoms with Crippen LogP contribution in [0.15, 0.2) is 21.7 Å². The molecule has 0 radical (unpaired) electrons. The SMILES string of the molecule is O=c1[nH]c(=O)c2c(Cl)ccc(F)c2[nH]1. The van der Waals surface area contributed by atoms with Gasteiger partial charge < -0.3 is 4.98 Å². The van der Waals surface area contributed by atoms with Crippen LogP contribution < -0.4 is 11.2 Å². The number of hydrogen-bond donors (Lipinski definition) is 2. The molecule has 0 amide bonds. The Labute approximate surface area is 81.3 Å². The first kappa shape index (κ1) is 8.96. The van der Waals surface area contributed by atoms with Gasteiger partial charge in [0.2, 0.25) is 0 Å². The van der Waals surface area contributed by atoms with Gasteiger partial charge in [-0.05, 0) is 12.1 Å². The molecule has 1 aromatic heterocycles. The Morgan fingerprint density at radius 3 is 2.64 bits per heavy atom. The van der Waals surface area contributed by atoms with Crippen LogP contribution in [0.1, 0.15) is 0 Å². The molecule has 0 saturated carbocycles. The van der Waals surface area contributed by atoms with Crippen molar-refractivity contribution in [3.63, 3.8) is 0 Å². The molecule has 1 heterocycles. The molecule has 0 fully saturated rings. The molecular weight excluding hydrogens is 211 g/mol. The first-order chi connectivity index (χ1) is 6.59. The van der Waals surface area contributed by atoms with E-state index in [1.54, 1.807) is 0 Å². The Kier molecular flexibility index (Phi) is 1.89. The van der Waals surface area contributed by atoms with Crippen molar-refractivity contribution in [1.82, 2.24) is 9.97 Å². The second-order valence-corrected chi connectivity index (χ2v) is 3.09. The smallest absolute Gasteiger partial charge is 0.304 e. The van der Waals surface area contributed by atoms with E-state index in [0.29, 0.717) is 0 Å². The molecule has 0 unspecified atom stereocenters. The number of nitrogens with one attached hydrogen (secondary N) is 2. The summed E-state index contributed by atoms with van der Waals surface area (Å²) < 4.78 is 13.1. The predicted molar refractivity (Wildman–Crippen MR) is 50.2 cm³/mol. The third-order valence-corrected chi connectivity index (χ3v) is 2.11. The third-order valence-electron chi connectivity index (χ3n) is 1.80. The van der Waals surface area contributed by atoms with E-state index >= 15 is 0 Å². The molecule has 2 rings (SSSR count). The normalized spacial score (nSPS) is 10.7. The van der Waals surface area contributed by atoms with Crippen LogP contribution in [0.5, 0.6) is 0 Å². The van der Waals surface area contributed by atoms with Crippen LogP contribution in [0.25, 0.3) is 10.9 Å². The van der Waals surface area contributed by atoms with E-state index in [0.717, 1.165) is 6.07 Å². The quantitative estimate of drug-likeness (QED) is 0.687. The van der Waals surface area contributed by atoms with Crippen LogP contribution in [-0.2, 0) is 0 Å². The van der Waals surface area contributed by atoms with Gasteiger partial charge in [-0.15, -0.1) is 0 Å². The molecule has 14 heavy (non-hydrogen) atoms. The van der Waals surface area contributed by atoms with Crippen molar-refractivity contribution in [1.29, 1.82) is 0 Å². The molecule has 0 spiro atoms. The highest BCUT2D eigenvalue weighted by Gasteiger charge is 2.08. The van der Waals surface area contributed by atoms with Gasteiger partial charge in [-0.2, -0.15) is 0 Å². The van der Waals surface area contributed by atoms with Gasteiger partial charge >= 0.3 is 5.69 Å². The van der Waals surface area contributed by atoms with Gasteiger partial charge in [0.15, 0.2) is 0 Å². The van der Waals surface area contributed by atoms with Crippen LogP contribution in [0.2, 0.25) is 5.02 Å². The fourth-order valence-corrected chi connectivity index (χ4v) is 1.45. The standard InChI is InChI=1S/C8H4ClFN2O2/c9-3-1-2-4(10)6-5(3)7(13)12-8(14)11-6/h1-2H,(H2,11,12,13,14). The lowest BCUT2D eigenvalue weighted by molar-refractivity contribution is 0.636. The number of H-pyrrole nitrogens is 2. The fourth-order valence-electron chi connectivity index (χ4n) is 1.21. The molecule has 2 aromatic rings. The Morgan fingerprint density at radius 1 is 1.21 bits per heavy atom. The summed E-state index contributed by atoms with van der Waals surface area (Å²) in [4.78, 5) is 26.2. The minimum absolute atomic E-state index is 0.0498. The largest absolute Gasteiger partial charge is 0.326 e. The second kappa shape index (κ2) is 2.95. The summed E-state index contributed by atoms with van der Waals surface area (Å²) >= 11 is 5.68. The number of aromatic amines is 2. The maximum absolute atomic E-state index is 13.1. The lowest BCUT2D eigenvalue weighted by Gasteiger charge is -1.99. The maximum atomic E-state index is 13.1. The summed E-state index contributed by atoms with van der Waals surface area (Å²) in [6, 6.07) is 2.34. The average molecular weight is 215 g/mol. The van der Waals surface area contributed by atoms with E-state index in [9.17, 15) is 14.0 Å². The Morgan fingerprint density at radius 2 is 1.93 bits per heavy atom. The van der Waals surface area contributed by atoms with Crippen LogP contribution in [0.3, 0.4) is 0 Å². The maximum Gasteiger partial charge on any atom is 0.326 e. The fraction of sp³-hybridized carbons (Fsp3) is 0. The number of rotatable bonds is 0. The minimum atomic E-state index is -0.760. The minimum Gasteiger partial charge on any atom is -0.304 e. The van der Waals surface area contributed by atoms with E-state index in [1.807, 2.05) is 4.98 Å². The molecule has 0 aliphatic heterocycles. The van der Waals surface area contributed by atoms with Gasteiger partial charge in [-0.25, -0.2) is 9.18 Å². The summed E-state index contributed by atoms with van der Waals surface area (Å²) in [5.74, 6) is -0.687. The lowest BCUT2D eigenvalue weighted by Crippen LogP contribution is -2.22. The molecule has 0 aliphatic carbocycles.